The standard InChI is InChI=1S/C27H32N2O2S/c1-30-26-11-10-21(15-27(26)31-2)23-19-29(16-20-7-4-3-5-8-20)25-12-13-28(18-24(23)25)17-22-9-6-14-32-22/h3-11,14-15,23-25H,12-13,16-19H2,1-2H3/t23-,24-,25-/m1/s1. The fourth-order valence-corrected chi connectivity index (χ4v) is 6.36. The van der Waals surface area contributed by atoms with Gasteiger partial charge in [0.2, 0.25) is 0 Å². The zero-order valence-electron chi connectivity index (χ0n) is 18.9. The maximum absolute atomic E-state index is 5.64. The normalized spacial score (nSPS) is 23.8. The molecule has 0 N–H and O–H groups in total. The van der Waals surface area contributed by atoms with Crippen LogP contribution in [0.3, 0.4) is 0 Å². The molecule has 0 aliphatic carbocycles. The molecule has 5 heteroatoms. The first kappa shape index (κ1) is 21.5. The molecular weight excluding hydrogens is 416 g/mol. The topological polar surface area (TPSA) is 24.9 Å². The first-order valence-electron chi connectivity index (χ1n) is 11.5. The molecule has 0 bridgehead atoms. The third-order valence-electron chi connectivity index (χ3n) is 7.15. The quantitative estimate of drug-likeness (QED) is 0.493. The molecule has 1 aromatic heterocycles. The maximum atomic E-state index is 5.64. The summed E-state index contributed by atoms with van der Waals surface area (Å²) in [7, 11) is 3.43. The van der Waals surface area contributed by atoms with Gasteiger partial charge in [0.05, 0.1) is 14.2 Å². The van der Waals surface area contributed by atoms with Gasteiger partial charge in [-0.2, -0.15) is 0 Å². The molecule has 3 heterocycles. The molecule has 2 aromatic carbocycles. The van der Waals surface area contributed by atoms with Crippen LogP contribution in [0.5, 0.6) is 11.5 Å². The van der Waals surface area contributed by atoms with Gasteiger partial charge in [-0.15, -0.1) is 11.3 Å². The molecule has 32 heavy (non-hydrogen) atoms. The molecule has 168 valence electrons. The van der Waals surface area contributed by atoms with Crippen molar-refractivity contribution in [1.82, 2.24) is 9.80 Å². The van der Waals surface area contributed by atoms with Gasteiger partial charge in [-0.25, -0.2) is 0 Å². The Kier molecular flexibility index (Phi) is 6.49. The summed E-state index contributed by atoms with van der Waals surface area (Å²) in [4.78, 5) is 6.85. The largest absolute Gasteiger partial charge is 0.493 e. The van der Waals surface area contributed by atoms with Gasteiger partial charge in [0, 0.05) is 49.6 Å². The number of methoxy groups -OCH3 is 2. The van der Waals surface area contributed by atoms with E-state index >= 15 is 0 Å². The summed E-state index contributed by atoms with van der Waals surface area (Å²) in [5, 5.41) is 2.19. The summed E-state index contributed by atoms with van der Waals surface area (Å²) >= 11 is 1.87. The van der Waals surface area contributed by atoms with Crippen LogP contribution in [0.4, 0.5) is 0 Å². The molecule has 0 saturated carbocycles. The first-order valence-corrected chi connectivity index (χ1v) is 12.4. The average molecular weight is 449 g/mol. The Morgan fingerprint density at radius 1 is 0.906 bits per heavy atom. The van der Waals surface area contributed by atoms with Crippen molar-refractivity contribution in [2.75, 3.05) is 33.9 Å². The number of ether oxygens (including phenoxy) is 2. The zero-order valence-corrected chi connectivity index (χ0v) is 19.8. The molecule has 5 rings (SSSR count). The van der Waals surface area contributed by atoms with Crippen LogP contribution >= 0.6 is 11.3 Å². The van der Waals surface area contributed by atoms with Crippen LogP contribution in [0, 0.1) is 5.92 Å². The number of thiophene rings is 1. The van der Waals surface area contributed by atoms with Crippen LogP contribution in [0.1, 0.15) is 28.3 Å². The molecule has 4 nitrogen and oxygen atoms in total. The van der Waals surface area contributed by atoms with Crippen molar-refractivity contribution in [2.45, 2.75) is 31.5 Å². The van der Waals surface area contributed by atoms with Crippen LogP contribution in [0.25, 0.3) is 0 Å². The lowest BCUT2D eigenvalue weighted by atomic mass is 9.81. The van der Waals surface area contributed by atoms with Crippen LogP contribution in [0.15, 0.2) is 66.0 Å². The van der Waals surface area contributed by atoms with Gasteiger partial charge in [0.25, 0.3) is 0 Å². The molecule has 2 aliphatic rings. The summed E-state index contributed by atoms with van der Waals surface area (Å²) in [5.41, 5.74) is 2.77. The highest BCUT2D eigenvalue weighted by Gasteiger charge is 2.45. The predicted octanol–water partition coefficient (Wildman–Crippen LogP) is 5.26. The highest BCUT2D eigenvalue weighted by molar-refractivity contribution is 7.09. The van der Waals surface area contributed by atoms with Gasteiger partial charge in [-0.05, 0) is 47.0 Å². The van der Waals surface area contributed by atoms with Crippen molar-refractivity contribution >= 4 is 11.3 Å². The summed E-state index contributed by atoms with van der Waals surface area (Å²) in [6, 6.07) is 22.5. The lowest BCUT2D eigenvalue weighted by molar-refractivity contribution is 0.101. The van der Waals surface area contributed by atoms with E-state index in [9.17, 15) is 0 Å². The summed E-state index contributed by atoms with van der Waals surface area (Å²) in [5.74, 6) is 2.74. The molecule has 0 unspecified atom stereocenters. The predicted molar refractivity (Wildman–Crippen MR) is 131 cm³/mol. The second kappa shape index (κ2) is 9.65. The van der Waals surface area contributed by atoms with Crippen LogP contribution in [-0.2, 0) is 13.1 Å². The van der Waals surface area contributed by atoms with Crippen LogP contribution < -0.4 is 9.47 Å². The van der Waals surface area contributed by atoms with Gasteiger partial charge in [0.1, 0.15) is 0 Å². The highest BCUT2D eigenvalue weighted by Crippen LogP contribution is 2.44. The summed E-state index contributed by atoms with van der Waals surface area (Å²) < 4.78 is 11.1. The molecule has 3 aromatic rings. The van der Waals surface area contributed by atoms with E-state index < -0.39 is 0 Å². The van der Waals surface area contributed by atoms with Crippen molar-refractivity contribution in [1.29, 1.82) is 0 Å². The lowest BCUT2D eigenvalue weighted by Crippen LogP contribution is -2.45. The minimum atomic E-state index is 0.495. The number of benzene rings is 2. The van der Waals surface area contributed by atoms with E-state index in [2.05, 4.69) is 75.8 Å². The third kappa shape index (κ3) is 4.42. The molecule has 2 fully saturated rings. The van der Waals surface area contributed by atoms with Gasteiger partial charge >= 0.3 is 0 Å². The number of fused-ring (bicyclic) bond motifs is 1. The Bertz CT molecular complexity index is 1010. The Labute approximate surface area is 195 Å². The van der Waals surface area contributed by atoms with Gasteiger partial charge < -0.3 is 9.47 Å². The third-order valence-corrected chi connectivity index (χ3v) is 8.01. The monoisotopic (exact) mass is 448 g/mol. The summed E-state index contributed by atoms with van der Waals surface area (Å²) in [6.45, 7) is 5.50. The van der Waals surface area contributed by atoms with Gasteiger partial charge in [-0.3, -0.25) is 9.80 Å². The Morgan fingerprint density at radius 2 is 1.75 bits per heavy atom. The van der Waals surface area contributed by atoms with E-state index in [1.54, 1.807) is 14.2 Å². The highest BCUT2D eigenvalue weighted by atomic mass is 32.1. The first-order chi connectivity index (χ1) is 15.7. The number of hydrogen-bond acceptors (Lipinski definition) is 5. The molecule has 2 aliphatic heterocycles. The van der Waals surface area contributed by atoms with Crippen LogP contribution in [0.2, 0.25) is 0 Å². The van der Waals surface area contributed by atoms with E-state index in [0.717, 1.165) is 37.7 Å². The number of hydrogen-bond donors (Lipinski definition) is 0. The number of nitrogens with zero attached hydrogens (tertiary/aromatic N) is 2. The number of piperidine rings is 1. The molecule has 3 atom stereocenters. The lowest BCUT2D eigenvalue weighted by Gasteiger charge is -2.39. The molecular formula is C27H32N2O2S. The van der Waals surface area contributed by atoms with Gasteiger partial charge in [0.15, 0.2) is 11.5 Å². The SMILES string of the molecule is COc1ccc([C@H]2CN(Cc3ccccc3)[C@@H]3CCN(Cc4cccs4)C[C@H]23)cc1OC. The van der Waals surface area contributed by atoms with E-state index in [1.165, 1.54) is 29.0 Å². The van der Waals surface area contributed by atoms with Gasteiger partial charge in [-0.1, -0.05) is 42.5 Å². The number of rotatable bonds is 7. The molecule has 2 saturated heterocycles. The molecule has 0 amide bonds. The smallest absolute Gasteiger partial charge is 0.160 e. The Morgan fingerprint density at radius 3 is 2.50 bits per heavy atom. The average Bonchev–Trinajstić information content (AvgIpc) is 3.47. The van der Waals surface area contributed by atoms with Crippen molar-refractivity contribution in [3.8, 4) is 11.5 Å². The molecule has 0 radical (unpaired) electrons. The zero-order chi connectivity index (χ0) is 21.9. The second-order valence-corrected chi connectivity index (χ2v) is 10.0. The number of likely N-dealkylation sites (tertiary alicyclic amines) is 2. The van der Waals surface area contributed by atoms with E-state index in [-0.39, 0.29) is 0 Å². The summed E-state index contributed by atoms with van der Waals surface area (Å²) in [6.07, 6.45) is 1.23. The van der Waals surface area contributed by atoms with Crippen LogP contribution in [-0.4, -0.2) is 49.7 Å². The maximum Gasteiger partial charge on any atom is 0.160 e. The Balaban J connectivity index is 1.41. The minimum Gasteiger partial charge on any atom is -0.493 e. The van der Waals surface area contributed by atoms with Crippen molar-refractivity contribution in [2.24, 2.45) is 5.92 Å². The van der Waals surface area contributed by atoms with Crippen molar-refractivity contribution < 1.29 is 9.47 Å². The molecule has 0 spiro atoms. The fraction of sp³-hybridized carbons (Fsp3) is 0.407. The van der Waals surface area contributed by atoms with E-state index in [1.807, 2.05) is 11.3 Å². The Hall–Kier alpha value is -2.34. The second-order valence-electron chi connectivity index (χ2n) is 8.97. The van der Waals surface area contributed by atoms with Crippen molar-refractivity contribution in [3.63, 3.8) is 0 Å². The minimum absolute atomic E-state index is 0.495. The van der Waals surface area contributed by atoms with E-state index in [0.29, 0.717) is 17.9 Å². The van der Waals surface area contributed by atoms with E-state index in [4.69, 9.17) is 9.47 Å². The fourth-order valence-electron chi connectivity index (χ4n) is 5.61. The van der Waals surface area contributed by atoms with Crippen molar-refractivity contribution in [3.05, 3.63) is 82.0 Å².